The number of methoxy groups -OCH3 is 1. The van der Waals surface area contributed by atoms with Crippen LogP contribution in [0, 0.1) is 5.92 Å². The van der Waals surface area contributed by atoms with Crippen molar-refractivity contribution in [2.24, 2.45) is 13.0 Å². The number of hydrogen-bond acceptors (Lipinski definition) is 4. The molecule has 0 bridgehead atoms. The molecule has 2 saturated heterocycles. The summed E-state index contributed by atoms with van der Waals surface area (Å²) in [4.78, 5) is 21.4. The molecule has 0 aliphatic carbocycles. The highest BCUT2D eigenvalue weighted by atomic mass is 16.5. The molecule has 2 fully saturated rings. The number of aryl methyl sites for hydroxylation is 1. The Kier molecular flexibility index (Phi) is 5.02. The second-order valence-corrected chi connectivity index (χ2v) is 6.98. The van der Waals surface area contributed by atoms with Crippen LogP contribution in [0.3, 0.4) is 0 Å². The summed E-state index contributed by atoms with van der Waals surface area (Å²) in [6.07, 6.45) is 8.02. The molecule has 3 rings (SSSR count). The summed E-state index contributed by atoms with van der Waals surface area (Å²) in [5.41, 5.74) is 0. The van der Waals surface area contributed by atoms with Gasteiger partial charge in [-0.05, 0) is 32.2 Å². The molecule has 0 aromatic carbocycles. The number of likely N-dealkylation sites (tertiary alicyclic amines) is 2. The van der Waals surface area contributed by atoms with E-state index < -0.39 is 0 Å². The molecular formula is C17H28N4O2. The average Bonchev–Trinajstić information content (AvgIpc) is 3.13. The topological polar surface area (TPSA) is 50.6 Å². The van der Waals surface area contributed by atoms with Gasteiger partial charge in [0.2, 0.25) is 5.91 Å². The maximum Gasteiger partial charge on any atom is 0.240 e. The van der Waals surface area contributed by atoms with E-state index in [0.29, 0.717) is 5.92 Å². The zero-order valence-corrected chi connectivity index (χ0v) is 14.4. The summed E-state index contributed by atoms with van der Waals surface area (Å²) in [5, 5.41) is 0. The quantitative estimate of drug-likeness (QED) is 0.828. The number of carbonyl (C=O) groups excluding carboxylic acids is 1. The Balaban J connectivity index is 1.50. The van der Waals surface area contributed by atoms with Crippen molar-refractivity contribution in [3.8, 4) is 0 Å². The number of ether oxygens (including phenoxy) is 1. The van der Waals surface area contributed by atoms with E-state index in [-0.39, 0.29) is 18.1 Å². The van der Waals surface area contributed by atoms with Crippen LogP contribution in [0.2, 0.25) is 0 Å². The van der Waals surface area contributed by atoms with Gasteiger partial charge in [-0.25, -0.2) is 4.98 Å². The van der Waals surface area contributed by atoms with Crippen LogP contribution in [0.4, 0.5) is 0 Å². The van der Waals surface area contributed by atoms with Crippen molar-refractivity contribution in [3.63, 3.8) is 0 Å². The first-order valence-corrected chi connectivity index (χ1v) is 8.56. The first-order chi connectivity index (χ1) is 11.1. The Morgan fingerprint density at radius 2 is 2.09 bits per heavy atom. The van der Waals surface area contributed by atoms with Gasteiger partial charge in [-0.1, -0.05) is 0 Å². The Morgan fingerprint density at radius 1 is 1.35 bits per heavy atom. The lowest BCUT2D eigenvalue weighted by atomic mass is 9.92. The molecule has 6 heteroatoms. The third-order valence-electron chi connectivity index (χ3n) is 5.45. The SMILES string of the molecule is CO[C@H]1C[C@@H](C(=O)N2CCC(Cc3nccn3C)CC2)N(C)C1. The van der Waals surface area contributed by atoms with Gasteiger partial charge in [-0.2, -0.15) is 0 Å². The van der Waals surface area contributed by atoms with Gasteiger partial charge in [0, 0.05) is 52.6 Å². The predicted molar refractivity (Wildman–Crippen MR) is 88.0 cm³/mol. The van der Waals surface area contributed by atoms with Crippen LogP contribution in [0.15, 0.2) is 12.4 Å². The molecule has 0 spiro atoms. The lowest BCUT2D eigenvalue weighted by Gasteiger charge is -2.34. The Morgan fingerprint density at radius 3 is 2.65 bits per heavy atom. The Labute approximate surface area is 138 Å². The van der Waals surface area contributed by atoms with Gasteiger partial charge in [-0.15, -0.1) is 0 Å². The van der Waals surface area contributed by atoms with E-state index >= 15 is 0 Å². The fourth-order valence-electron chi connectivity index (χ4n) is 3.83. The van der Waals surface area contributed by atoms with E-state index in [9.17, 15) is 4.79 Å². The first kappa shape index (κ1) is 16.5. The van der Waals surface area contributed by atoms with E-state index in [0.717, 1.165) is 51.1 Å². The molecule has 2 aliphatic heterocycles. The van der Waals surface area contributed by atoms with E-state index in [1.165, 1.54) is 0 Å². The summed E-state index contributed by atoms with van der Waals surface area (Å²) in [6, 6.07) is -0.00830. The second-order valence-electron chi connectivity index (χ2n) is 6.98. The molecule has 0 N–H and O–H groups in total. The Hall–Kier alpha value is -1.40. The lowest BCUT2D eigenvalue weighted by molar-refractivity contribution is -0.137. The van der Waals surface area contributed by atoms with E-state index in [4.69, 9.17) is 4.74 Å². The molecule has 3 heterocycles. The van der Waals surface area contributed by atoms with Crippen LogP contribution in [-0.2, 0) is 23.0 Å². The number of aromatic nitrogens is 2. The molecule has 2 atom stereocenters. The number of piperidine rings is 1. The van der Waals surface area contributed by atoms with Crippen molar-refractivity contribution in [2.75, 3.05) is 33.8 Å². The van der Waals surface area contributed by atoms with Gasteiger partial charge < -0.3 is 14.2 Å². The molecule has 2 aliphatic rings. The van der Waals surface area contributed by atoms with Crippen LogP contribution in [-0.4, -0.2) is 71.2 Å². The molecule has 128 valence electrons. The number of likely N-dealkylation sites (N-methyl/N-ethyl adjacent to an activating group) is 1. The molecule has 23 heavy (non-hydrogen) atoms. The van der Waals surface area contributed by atoms with E-state index in [1.807, 2.05) is 31.4 Å². The van der Waals surface area contributed by atoms with Crippen molar-refractivity contribution >= 4 is 5.91 Å². The maximum absolute atomic E-state index is 12.8. The largest absolute Gasteiger partial charge is 0.380 e. The highest BCUT2D eigenvalue weighted by Gasteiger charge is 2.37. The molecule has 0 unspecified atom stereocenters. The van der Waals surface area contributed by atoms with Crippen LogP contribution >= 0.6 is 0 Å². The van der Waals surface area contributed by atoms with Crippen LogP contribution < -0.4 is 0 Å². The van der Waals surface area contributed by atoms with Crippen molar-refractivity contribution in [2.45, 2.75) is 37.8 Å². The summed E-state index contributed by atoms with van der Waals surface area (Å²) >= 11 is 0. The number of rotatable bonds is 4. The van der Waals surface area contributed by atoms with E-state index in [1.54, 1.807) is 7.11 Å². The van der Waals surface area contributed by atoms with Gasteiger partial charge in [0.25, 0.3) is 0 Å². The number of nitrogens with zero attached hydrogens (tertiary/aromatic N) is 4. The molecule has 0 saturated carbocycles. The van der Waals surface area contributed by atoms with Crippen molar-refractivity contribution in [1.82, 2.24) is 19.4 Å². The highest BCUT2D eigenvalue weighted by Crippen LogP contribution is 2.25. The zero-order chi connectivity index (χ0) is 16.4. The molecule has 1 aromatic heterocycles. The fourth-order valence-corrected chi connectivity index (χ4v) is 3.83. The standard InChI is InChI=1S/C17H28N4O2/c1-19-9-6-18-16(19)10-13-4-7-21(8-5-13)17(22)15-11-14(23-3)12-20(15)2/h6,9,13-15H,4-5,7-8,10-12H2,1-3H3/t14-,15-/m0/s1. The zero-order valence-electron chi connectivity index (χ0n) is 14.4. The average molecular weight is 320 g/mol. The lowest BCUT2D eigenvalue weighted by Crippen LogP contribution is -2.47. The number of hydrogen-bond donors (Lipinski definition) is 0. The molecular weight excluding hydrogens is 292 g/mol. The number of imidazole rings is 1. The van der Waals surface area contributed by atoms with Gasteiger partial charge in [-0.3, -0.25) is 9.69 Å². The summed E-state index contributed by atoms with van der Waals surface area (Å²) in [6.45, 7) is 2.59. The first-order valence-electron chi connectivity index (χ1n) is 8.56. The normalized spacial score (nSPS) is 26.8. The summed E-state index contributed by atoms with van der Waals surface area (Å²) in [5.74, 6) is 2.06. The van der Waals surface area contributed by atoms with Crippen molar-refractivity contribution in [3.05, 3.63) is 18.2 Å². The molecule has 1 aromatic rings. The van der Waals surface area contributed by atoms with Crippen LogP contribution in [0.1, 0.15) is 25.1 Å². The Bertz CT molecular complexity index is 536. The summed E-state index contributed by atoms with van der Waals surface area (Å²) in [7, 11) is 5.80. The minimum atomic E-state index is -0.00830. The fraction of sp³-hybridized carbons (Fsp3) is 0.765. The van der Waals surface area contributed by atoms with Gasteiger partial charge in [0.15, 0.2) is 0 Å². The van der Waals surface area contributed by atoms with Gasteiger partial charge >= 0.3 is 0 Å². The number of amides is 1. The van der Waals surface area contributed by atoms with Crippen molar-refractivity contribution < 1.29 is 9.53 Å². The van der Waals surface area contributed by atoms with E-state index in [2.05, 4.69) is 14.5 Å². The molecule has 0 radical (unpaired) electrons. The summed E-state index contributed by atoms with van der Waals surface area (Å²) < 4.78 is 7.51. The maximum atomic E-state index is 12.8. The third kappa shape index (κ3) is 3.58. The predicted octanol–water partition coefficient (Wildman–Crippen LogP) is 0.920. The second kappa shape index (κ2) is 7.01. The van der Waals surface area contributed by atoms with Crippen molar-refractivity contribution in [1.29, 1.82) is 0 Å². The van der Waals surface area contributed by atoms with Gasteiger partial charge in [0.1, 0.15) is 5.82 Å². The smallest absolute Gasteiger partial charge is 0.240 e. The minimum absolute atomic E-state index is 0.00830. The highest BCUT2D eigenvalue weighted by molar-refractivity contribution is 5.82. The monoisotopic (exact) mass is 320 g/mol. The minimum Gasteiger partial charge on any atom is -0.380 e. The molecule has 6 nitrogen and oxygen atoms in total. The molecule has 1 amide bonds. The van der Waals surface area contributed by atoms with Crippen LogP contribution in [0.25, 0.3) is 0 Å². The third-order valence-corrected chi connectivity index (χ3v) is 5.45. The number of carbonyl (C=O) groups is 1. The van der Waals surface area contributed by atoms with Gasteiger partial charge in [0.05, 0.1) is 12.1 Å². The van der Waals surface area contributed by atoms with Crippen LogP contribution in [0.5, 0.6) is 0 Å².